The molecule has 14 heavy (non-hydrogen) atoms. The topological polar surface area (TPSA) is 29.4 Å². The van der Waals surface area contributed by atoms with Crippen molar-refractivity contribution < 1.29 is 4.79 Å². The molecule has 0 atom stereocenters. The van der Waals surface area contributed by atoms with Crippen molar-refractivity contribution in [2.24, 2.45) is 10.4 Å². The van der Waals surface area contributed by atoms with Crippen LogP contribution in [0.25, 0.3) is 0 Å². The molecule has 0 unspecified atom stereocenters. The number of rotatable bonds is 2. The van der Waals surface area contributed by atoms with Crippen molar-refractivity contribution in [3.63, 3.8) is 0 Å². The van der Waals surface area contributed by atoms with Crippen LogP contribution < -0.4 is 0 Å². The van der Waals surface area contributed by atoms with E-state index in [0.29, 0.717) is 0 Å². The van der Waals surface area contributed by atoms with Gasteiger partial charge in [-0.25, -0.2) is 0 Å². The Morgan fingerprint density at radius 2 is 2.14 bits per heavy atom. The van der Waals surface area contributed by atoms with Crippen molar-refractivity contribution in [1.29, 1.82) is 0 Å². The van der Waals surface area contributed by atoms with Crippen molar-refractivity contribution in [3.05, 3.63) is 11.3 Å². The average Bonchev–Trinajstić information content (AvgIpc) is 2.13. The number of nitrogens with zero attached hydrogens (tertiary/aromatic N) is 1. The van der Waals surface area contributed by atoms with Crippen LogP contribution in [0.15, 0.2) is 16.3 Å². The summed E-state index contributed by atoms with van der Waals surface area (Å²) in [6.45, 7) is 7.97. The zero-order valence-corrected chi connectivity index (χ0v) is 9.55. The van der Waals surface area contributed by atoms with E-state index in [-0.39, 0.29) is 11.2 Å². The summed E-state index contributed by atoms with van der Waals surface area (Å²) < 4.78 is 0. The first-order chi connectivity index (χ1) is 6.53. The Morgan fingerprint density at radius 1 is 1.50 bits per heavy atom. The summed E-state index contributed by atoms with van der Waals surface area (Å²) in [7, 11) is 0. The van der Waals surface area contributed by atoms with Gasteiger partial charge in [0.05, 0.1) is 0 Å². The third kappa shape index (κ3) is 1.94. The van der Waals surface area contributed by atoms with E-state index in [4.69, 9.17) is 0 Å². The highest BCUT2D eigenvalue weighted by Crippen LogP contribution is 2.37. The van der Waals surface area contributed by atoms with E-state index in [1.807, 2.05) is 27.7 Å². The molecule has 0 aliphatic heterocycles. The van der Waals surface area contributed by atoms with Crippen LogP contribution in [0.4, 0.5) is 0 Å². The molecule has 0 bridgehead atoms. The second-order valence-electron chi connectivity index (χ2n) is 4.38. The average molecular weight is 193 g/mol. The molecule has 0 saturated carbocycles. The Kier molecular flexibility index (Phi) is 3.25. The van der Waals surface area contributed by atoms with Gasteiger partial charge in [-0.1, -0.05) is 20.8 Å². The zero-order valence-electron chi connectivity index (χ0n) is 9.55. The quantitative estimate of drug-likeness (QED) is 0.619. The normalized spacial score (nSPS) is 22.1. The second-order valence-corrected chi connectivity index (χ2v) is 4.38. The van der Waals surface area contributed by atoms with Gasteiger partial charge in [0.1, 0.15) is 0 Å². The lowest BCUT2D eigenvalue weighted by molar-refractivity contribution is -0.124. The third-order valence-electron chi connectivity index (χ3n) is 2.86. The monoisotopic (exact) mass is 193 g/mol. The fourth-order valence-electron chi connectivity index (χ4n) is 1.90. The van der Waals surface area contributed by atoms with Crippen molar-refractivity contribution in [1.82, 2.24) is 0 Å². The molecular formula is C12H19NO. The number of allylic oxidation sites excluding steroid dienone is 2. The molecule has 0 heterocycles. The van der Waals surface area contributed by atoms with Crippen LogP contribution in [-0.2, 0) is 4.79 Å². The number of hydrogen-bond donors (Lipinski definition) is 0. The van der Waals surface area contributed by atoms with Gasteiger partial charge in [-0.15, -0.1) is 0 Å². The summed E-state index contributed by atoms with van der Waals surface area (Å²) in [5.74, 6) is 0.284. The molecule has 0 aromatic carbocycles. The number of carbonyl (C=O) groups excluding carboxylic acids is 1. The molecule has 0 N–H and O–H groups in total. The van der Waals surface area contributed by atoms with Gasteiger partial charge in [0.15, 0.2) is 5.78 Å². The van der Waals surface area contributed by atoms with Gasteiger partial charge in [-0.2, -0.15) is 0 Å². The number of ketones is 1. The molecule has 2 nitrogen and oxygen atoms in total. The lowest BCUT2D eigenvalue weighted by Gasteiger charge is -2.29. The largest absolute Gasteiger partial charge is 0.294 e. The number of hydrogen-bond acceptors (Lipinski definition) is 2. The summed E-state index contributed by atoms with van der Waals surface area (Å²) in [4.78, 5) is 16.3. The number of carbonyl (C=O) groups is 1. The van der Waals surface area contributed by atoms with Gasteiger partial charge >= 0.3 is 0 Å². The molecule has 0 saturated heterocycles. The van der Waals surface area contributed by atoms with E-state index in [1.54, 1.807) is 6.21 Å². The number of aliphatic imine (C=N–C) groups is 1. The van der Waals surface area contributed by atoms with E-state index in [0.717, 1.165) is 30.5 Å². The first kappa shape index (κ1) is 11.2. The molecule has 0 fully saturated rings. The van der Waals surface area contributed by atoms with Crippen LogP contribution in [0.2, 0.25) is 0 Å². The van der Waals surface area contributed by atoms with Crippen molar-refractivity contribution in [2.45, 2.75) is 47.0 Å². The van der Waals surface area contributed by atoms with Gasteiger partial charge in [0.2, 0.25) is 0 Å². The maximum Gasteiger partial charge on any atom is 0.166 e. The van der Waals surface area contributed by atoms with E-state index < -0.39 is 0 Å². The Morgan fingerprint density at radius 3 is 2.64 bits per heavy atom. The van der Waals surface area contributed by atoms with Crippen molar-refractivity contribution >= 4 is 12.0 Å². The number of Topliss-reactive ketones (excluding diaryl/α,β-unsaturated/α-hetero) is 1. The molecular weight excluding hydrogens is 174 g/mol. The lowest BCUT2D eigenvalue weighted by Crippen LogP contribution is -2.30. The molecule has 0 spiro atoms. The Labute approximate surface area is 86.1 Å². The molecule has 1 aliphatic rings. The highest BCUT2D eigenvalue weighted by Gasteiger charge is 2.34. The highest BCUT2D eigenvalue weighted by molar-refractivity contribution is 6.01. The maximum atomic E-state index is 12.0. The summed E-state index contributed by atoms with van der Waals surface area (Å²) in [5.41, 5.74) is 1.75. The summed E-state index contributed by atoms with van der Waals surface area (Å²) in [6, 6.07) is 0. The highest BCUT2D eigenvalue weighted by atomic mass is 16.1. The van der Waals surface area contributed by atoms with Crippen LogP contribution >= 0.6 is 0 Å². The van der Waals surface area contributed by atoms with Crippen molar-refractivity contribution in [2.75, 3.05) is 0 Å². The van der Waals surface area contributed by atoms with Crippen LogP contribution in [0.5, 0.6) is 0 Å². The van der Waals surface area contributed by atoms with Gasteiger partial charge in [-0.05, 0) is 26.2 Å². The first-order valence-electron chi connectivity index (χ1n) is 5.28. The molecule has 0 amide bonds. The summed E-state index contributed by atoms with van der Waals surface area (Å²) in [6.07, 6.45) is 4.43. The van der Waals surface area contributed by atoms with E-state index in [1.165, 1.54) is 0 Å². The second kappa shape index (κ2) is 4.07. The molecule has 0 radical (unpaired) electrons. The van der Waals surface area contributed by atoms with E-state index in [9.17, 15) is 4.79 Å². The fraction of sp³-hybridized carbons (Fsp3) is 0.667. The van der Waals surface area contributed by atoms with Gasteiger partial charge in [0, 0.05) is 22.9 Å². The van der Waals surface area contributed by atoms with Gasteiger partial charge in [-0.3, -0.25) is 9.79 Å². The van der Waals surface area contributed by atoms with Crippen molar-refractivity contribution in [3.8, 4) is 0 Å². The minimum absolute atomic E-state index is 0.182. The van der Waals surface area contributed by atoms with Crippen LogP contribution in [-0.4, -0.2) is 12.0 Å². The molecule has 78 valence electrons. The molecule has 0 aromatic rings. The Bertz CT molecular complexity index is 297. The Balaban J connectivity index is 3.09. The maximum absolute atomic E-state index is 12.0. The van der Waals surface area contributed by atoms with Gasteiger partial charge in [0.25, 0.3) is 0 Å². The summed E-state index contributed by atoms with van der Waals surface area (Å²) in [5, 5.41) is 0. The Hall–Kier alpha value is -0.920. The molecule has 1 aliphatic carbocycles. The fourth-order valence-corrected chi connectivity index (χ4v) is 1.90. The minimum Gasteiger partial charge on any atom is -0.294 e. The summed E-state index contributed by atoms with van der Waals surface area (Å²) >= 11 is 0. The zero-order chi connectivity index (χ0) is 10.8. The van der Waals surface area contributed by atoms with E-state index >= 15 is 0 Å². The smallest absolute Gasteiger partial charge is 0.166 e. The first-order valence-corrected chi connectivity index (χ1v) is 5.28. The molecule has 0 aromatic heterocycles. The van der Waals surface area contributed by atoms with Crippen LogP contribution in [0.3, 0.4) is 0 Å². The van der Waals surface area contributed by atoms with E-state index in [2.05, 4.69) is 4.99 Å². The molecule has 2 heteroatoms. The predicted octanol–water partition coefficient (Wildman–Crippen LogP) is 3.13. The molecule has 1 rings (SSSR count). The van der Waals surface area contributed by atoms with Crippen LogP contribution in [0, 0.1) is 5.41 Å². The minimum atomic E-state index is -0.182. The predicted molar refractivity (Wildman–Crippen MR) is 59.5 cm³/mol. The third-order valence-corrected chi connectivity index (χ3v) is 2.86. The standard InChI is InChI=1S/C12H19NO/c1-5-9-10(13-6-2)7-8-12(3,4)11(9)14/h6H,5,7-8H2,1-4H3. The SMILES string of the molecule is CC=NC1=C(CC)C(=O)C(C)(C)CC1. The van der Waals surface area contributed by atoms with Crippen LogP contribution in [0.1, 0.15) is 47.0 Å². The van der Waals surface area contributed by atoms with Gasteiger partial charge < -0.3 is 0 Å². The lowest BCUT2D eigenvalue weighted by atomic mass is 9.74.